The Morgan fingerprint density at radius 3 is 2.56 bits per heavy atom. The molecule has 2 rings (SSSR count). The Morgan fingerprint density at radius 1 is 1.44 bits per heavy atom. The molecule has 1 aromatic heterocycles. The van der Waals surface area contributed by atoms with Gasteiger partial charge < -0.3 is 10.8 Å². The first-order chi connectivity index (χ1) is 7.50. The van der Waals surface area contributed by atoms with Gasteiger partial charge in [0.05, 0.1) is 11.8 Å². The van der Waals surface area contributed by atoms with Crippen LogP contribution in [0.3, 0.4) is 0 Å². The number of aliphatic hydroxyl groups excluding tert-OH is 1. The molecule has 1 saturated carbocycles. The van der Waals surface area contributed by atoms with E-state index in [0.29, 0.717) is 24.5 Å². The third-order valence-corrected chi connectivity index (χ3v) is 3.85. The second-order valence-corrected chi connectivity index (χ2v) is 4.98. The van der Waals surface area contributed by atoms with E-state index in [1.807, 2.05) is 13.8 Å². The molecule has 1 fully saturated rings. The van der Waals surface area contributed by atoms with Crippen LogP contribution in [-0.2, 0) is 5.41 Å². The summed E-state index contributed by atoms with van der Waals surface area (Å²) in [6.45, 7) is 4.37. The highest BCUT2D eigenvalue weighted by atomic mass is 35.5. The van der Waals surface area contributed by atoms with Crippen LogP contribution < -0.4 is 5.73 Å². The lowest BCUT2D eigenvalue weighted by Crippen LogP contribution is -2.50. The van der Waals surface area contributed by atoms with Crippen molar-refractivity contribution < 1.29 is 5.11 Å². The smallest absolute Gasteiger partial charge is 0.155 e. The van der Waals surface area contributed by atoms with E-state index in [4.69, 9.17) is 17.3 Å². The molecule has 0 amide bonds. The first-order valence-corrected chi connectivity index (χ1v) is 5.76. The molecule has 1 heterocycles. The van der Waals surface area contributed by atoms with Crippen LogP contribution in [0.5, 0.6) is 0 Å². The Balaban J connectivity index is 2.50. The van der Waals surface area contributed by atoms with Crippen LogP contribution in [0.1, 0.15) is 29.7 Å². The summed E-state index contributed by atoms with van der Waals surface area (Å²) in [6.07, 6.45) is 1.05. The lowest BCUT2D eigenvalue weighted by Gasteiger charge is -2.46. The molecule has 0 saturated heterocycles. The molecule has 5 heteroatoms. The van der Waals surface area contributed by atoms with Gasteiger partial charge in [0.25, 0.3) is 0 Å². The van der Waals surface area contributed by atoms with Crippen molar-refractivity contribution in [1.82, 2.24) is 10.2 Å². The first kappa shape index (κ1) is 11.8. The second kappa shape index (κ2) is 3.95. The fraction of sp³-hybridized carbons (Fsp3) is 0.636. The van der Waals surface area contributed by atoms with Crippen molar-refractivity contribution in [1.29, 1.82) is 0 Å². The predicted molar refractivity (Wildman–Crippen MR) is 62.5 cm³/mol. The number of hydrogen-bond donors (Lipinski definition) is 2. The van der Waals surface area contributed by atoms with Crippen LogP contribution >= 0.6 is 11.6 Å². The van der Waals surface area contributed by atoms with Crippen LogP contribution in [-0.4, -0.2) is 28.0 Å². The molecule has 1 aliphatic carbocycles. The zero-order chi connectivity index (χ0) is 11.9. The van der Waals surface area contributed by atoms with Crippen LogP contribution in [0.25, 0.3) is 0 Å². The lowest BCUT2D eigenvalue weighted by atomic mass is 9.62. The molecule has 4 nitrogen and oxygen atoms in total. The summed E-state index contributed by atoms with van der Waals surface area (Å²) < 4.78 is 0. The second-order valence-electron chi connectivity index (χ2n) is 4.62. The van der Waals surface area contributed by atoms with Gasteiger partial charge in [-0.3, -0.25) is 0 Å². The SMILES string of the molecule is Cc1nnc(Cl)c(C2(CN)CC(O)C2)c1C. The van der Waals surface area contributed by atoms with Crippen molar-refractivity contribution in [3.05, 3.63) is 22.0 Å². The van der Waals surface area contributed by atoms with E-state index < -0.39 is 0 Å². The number of aliphatic hydroxyl groups is 1. The van der Waals surface area contributed by atoms with Crippen molar-refractivity contribution in [3.63, 3.8) is 0 Å². The Kier molecular flexibility index (Phi) is 2.90. The monoisotopic (exact) mass is 241 g/mol. The lowest BCUT2D eigenvalue weighted by molar-refractivity contribution is 0.0216. The minimum Gasteiger partial charge on any atom is -0.393 e. The van der Waals surface area contributed by atoms with Crippen molar-refractivity contribution in [3.8, 4) is 0 Å². The molecule has 1 aromatic rings. The fourth-order valence-corrected chi connectivity index (χ4v) is 2.89. The molecule has 0 aromatic carbocycles. The summed E-state index contributed by atoms with van der Waals surface area (Å²) in [5.41, 5.74) is 8.50. The number of nitrogens with two attached hydrogens (primary N) is 1. The maximum Gasteiger partial charge on any atom is 0.155 e. The van der Waals surface area contributed by atoms with Gasteiger partial charge in [0.1, 0.15) is 0 Å². The number of nitrogens with zero attached hydrogens (tertiary/aromatic N) is 2. The molecule has 0 radical (unpaired) electrons. The van der Waals surface area contributed by atoms with Gasteiger partial charge in [0, 0.05) is 17.5 Å². The molecule has 0 atom stereocenters. The van der Waals surface area contributed by atoms with Crippen molar-refractivity contribution in [2.75, 3.05) is 6.54 Å². The number of rotatable bonds is 2. The molecule has 1 aliphatic rings. The molecule has 0 unspecified atom stereocenters. The zero-order valence-corrected chi connectivity index (χ0v) is 10.3. The van der Waals surface area contributed by atoms with E-state index in [1.165, 1.54) is 0 Å². The third kappa shape index (κ3) is 1.61. The van der Waals surface area contributed by atoms with Gasteiger partial charge in [-0.2, -0.15) is 5.10 Å². The van der Waals surface area contributed by atoms with Crippen LogP contribution in [0.15, 0.2) is 0 Å². The third-order valence-electron chi connectivity index (χ3n) is 3.59. The van der Waals surface area contributed by atoms with Crippen molar-refractivity contribution >= 4 is 11.6 Å². The normalized spacial score (nSPS) is 28.9. The maximum absolute atomic E-state index is 9.49. The maximum atomic E-state index is 9.49. The van der Waals surface area contributed by atoms with E-state index in [9.17, 15) is 5.11 Å². The van der Waals surface area contributed by atoms with E-state index in [1.54, 1.807) is 0 Å². The molecule has 3 N–H and O–H groups in total. The molecular formula is C11H16ClN3O. The Bertz CT molecular complexity index is 416. The molecule has 0 aliphatic heterocycles. The molecule has 0 bridgehead atoms. The summed E-state index contributed by atoms with van der Waals surface area (Å²) in [4.78, 5) is 0. The van der Waals surface area contributed by atoms with Crippen LogP contribution in [0.2, 0.25) is 5.15 Å². The molecule has 88 valence electrons. The van der Waals surface area contributed by atoms with Gasteiger partial charge in [-0.05, 0) is 32.3 Å². The van der Waals surface area contributed by atoms with Gasteiger partial charge >= 0.3 is 0 Å². The zero-order valence-electron chi connectivity index (χ0n) is 9.50. The average molecular weight is 242 g/mol. The number of aryl methyl sites for hydroxylation is 1. The van der Waals surface area contributed by atoms with E-state index >= 15 is 0 Å². The first-order valence-electron chi connectivity index (χ1n) is 5.38. The average Bonchev–Trinajstić information content (AvgIpc) is 2.21. The quantitative estimate of drug-likeness (QED) is 0.813. The topological polar surface area (TPSA) is 72.0 Å². The molecular weight excluding hydrogens is 226 g/mol. The van der Waals surface area contributed by atoms with Crippen molar-refractivity contribution in [2.45, 2.75) is 38.2 Å². The summed E-state index contributed by atoms with van der Waals surface area (Å²) in [6, 6.07) is 0. The highest BCUT2D eigenvalue weighted by Gasteiger charge is 2.46. The standard InChI is InChI=1S/C11H16ClN3O/c1-6-7(2)14-15-10(12)9(6)11(5-13)3-8(16)4-11/h8,16H,3-5,13H2,1-2H3. The highest BCUT2D eigenvalue weighted by Crippen LogP contribution is 2.46. The minimum atomic E-state index is -0.271. The van der Waals surface area contributed by atoms with Crippen LogP contribution in [0, 0.1) is 13.8 Å². The van der Waals surface area contributed by atoms with Crippen molar-refractivity contribution in [2.24, 2.45) is 5.73 Å². The van der Waals surface area contributed by atoms with Gasteiger partial charge in [-0.25, -0.2) is 0 Å². The largest absolute Gasteiger partial charge is 0.393 e. The molecule has 16 heavy (non-hydrogen) atoms. The summed E-state index contributed by atoms with van der Waals surface area (Å²) in [5, 5.41) is 17.8. The summed E-state index contributed by atoms with van der Waals surface area (Å²) >= 11 is 6.11. The highest BCUT2D eigenvalue weighted by molar-refractivity contribution is 6.30. The molecule has 0 spiro atoms. The van der Waals surface area contributed by atoms with Gasteiger partial charge in [-0.1, -0.05) is 11.6 Å². The number of aromatic nitrogens is 2. The predicted octanol–water partition coefficient (Wildman–Crippen LogP) is 1.10. The fourth-order valence-electron chi connectivity index (χ4n) is 2.51. The Labute approximate surface area is 99.8 Å². The van der Waals surface area contributed by atoms with Crippen LogP contribution in [0.4, 0.5) is 0 Å². The Morgan fingerprint density at radius 2 is 2.06 bits per heavy atom. The summed E-state index contributed by atoms with van der Waals surface area (Å²) in [5.74, 6) is 0. The van der Waals surface area contributed by atoms with E-state index in [0.717, 1.165) is 16.8 Å². The van der Waals surface area contributed by atoms with E-state index in [2.05, 4.69) is 10.2 Å². The van der Waals surface area contributed by atoms with Gasteiger partial charge in [0.2, 0.25) is 0 Å². The summed E-state index contributed by atoms with van der Waals surface area (Å²) in [7, 11) is 0. The van der Waals surface area contributed by atoms with Gasteiger partial charge in [-0.15, -0.1) is 5.10 Å². The minimum absolute atomic E-state index is 0.207. The number of hydrogen-bond acceptors (Lipinski definition) is 4. The Hall–Kier alpha value is -0.710. The number of halogens is 1. The van der Waals surface area contributed by atoms with E-state index in [-0.39, 0.29) is 11.5 Å². The van der Waals surface area contributed by atoms with Gasteiger partial charge in [0.15, 0.2) is 5.15 Å².